The summed E-state index contributed by atoms with van der Waals surface area (Å²) in [6.45, 7) is 4.61. The molecule has 26 heavy (non-hydrogen) atoms. The largest absolute Gasteiger partial charge is 0.465 e. The molecule has 1 aromatic carbocycles. The van der Waals surface area contributed by atoms with Crippen LogP contribution in [0.15, 0.2) is 24.3 Å². The fourth-order valence-corrected chi connectivity index (χ4v) is 8.21. The monoisotopic (exact) mass is 352 g/mol. The van der Waals surface area contributed by atoms with Crippen LogP contribution >= 0.6 is 0 Å². The highest BCUT2D eigenvalue weighted by molar-refractivity contribution is 5.69. The van der Waals surface area contributed by atoms with Crippen LogP contribution in [0.2, 0.25) is 0 Å². The standard InChI is InChI=1S/C22H28N2O2/c1-15(25)26-14-16-13-20-7-4-11-24-12-10-21(19(20)24)17-5-2-3-6-18(17)23-22(16,21)9-8-20/h2-3,5-6,16,19,23H,4,7-14H2,1H3/t16-,19+,20-,21-,22-/m1/s1. The third kappa shape index (κ3) is 1.56. The number of nitrogens with one attached hydrogen (secondary N) is 1. The fourth-order valence-electron chi connectivity index (χ4n) is 8.21. The Labute approximate surface area is 155 Å². The quantitative estimate of drug-likeness (QED) is 0.829. The third-order valence-electron chi connectivity index (χ3n) is 8.74. The summed E-state index contributed by atoms with van der Waals surface area (Å²) >= 11 is 0. The number of piperidine rings is 1. The number of ether oxygens (including phenoxy) is 1. The second-order valence-electron chi connectivity index (χ2n) is 9.47. The van der Waals surface area contributed by atoms with Crippen LogP contribution in [-0.2, 0) is 14.9 Å². The maximum atomic E-state index is 11.6. The molecule has 0 radical (unpaired) electrons. The van der Waals surface area contributed by atoms with Gasteiger partial charge in [0, 0.05) is 30.0 Å². The highest BCUT2D eigenvalue weighted by atomic mass is 16.5. The molecule has 3 aliphatic heterocycles. The van der Waals surface area contributed by atoms with Crippen molar-refractivity contribution in [2.45, 2.75) is 62.4 Å². The highest BCUT2D eigenvalue weighted by Gasteiger charge is 2.77. The summed E-state index contributed by atoms with van der Waals surface area (Å²) in [5.74, 6) is 0.278. The summed E-state index contributed by atoms with van der Waals surface area (Å²) in [5.41, 5.74) is 3.56. The molecule has 3 aliphatic carbocycles. The first-order chi connectivity index (χ1) is 12.6. The van der Waals surface area contributed by atoms with Gasteiger partial charge in [0.15, 0.2) is 0 Å². The number of anilines is 1. The minimum absolute atomic E-state index is 0.0602. The Kier molecular flexibility index (Phi) is 2.88. The lowest BCUT2D eigenvalue weighted by atomic mass is 9.39. The molecule has 7 rings (SSSR count). The molecule has 3 spiro atoms. The lowest BCUT2D eigenvalue weighted by Gasteiger charge is -2.69. The number of esters is 1. The van der Waals surface area contributed by atoms with E-state index < -0.39 is 0 Å². The van der Waals surface area contributed by atoms with Crippen molar-refractivity contribution >= 4 is 11.7 Å². The Morgan fingerprint density at radius 2 is 2.12 bits per heavy atom. The SMILES string of the molecule is CC(=O)OC[C@H]1C[C@@]23CCCN4CC[C@@]5(c6ccccc6N[C@]15CC2)[C@@H]43. The van der Waals surface area contributed by atoms with E-state index in [0.717, 1.165) is 0 Å². The Morgan fingerprint density at radius 1 is 1.23 bits per heavy atom. The molecule has 5 atom stereocenters. The van der Waals surface area contributed by atoms with Gasteiger partial charge in [-0.05, 0) is 68.7 Å². The van der Waals surface area contributed by atoms with Crippen LogP contribution in [-0.4, -0.2) is 42.1 Å². The van der Waals surface area contributed by atoms with E-state index in [4.69, 9.17) is 4.74 Å². The number of para-hydroxylation sites is 1. The van der Waals surface area contributed by atoms with Crippen molar-refractivity contribution in [3.8, 4) is 0 Å². The molecule has 3 heterocycles. The lowest BCUT2D eigenvalue weighted by molar-refractivity contribution is -0.158. The summed E-state index contributed by atoms with van der Waals surface area (Å²) in [6.07, 6.45) is 7.69. The Balaban J connectivity index is 1.56. The first-order valence-electron chi connectivity index (χ1n) is 10.4. The van der Waals surface area contributed by atoms with Gasteiger partial charge in [-0.1, -0.05) is 18.2 Å². The summed E-state index contributed by atoms with van der Waals surface area (Å²) in [6, 6.07) is 9.70. The number of hydrogen-bond acceptors (Lipinski definition) is 4. The van der Waals surface area contributed by atoms with E-state index in [1.165, 1.54) is 57.3 Å². The van der Waals surface area contributed by atoms with Gasteiger partial charge in [-0.3, -0.25) is 9.69 Å². The van der Waals surface area contributed by atoms with Gasteiger partial charge < -0.3 is 10.1 Å². The molecular formula is C22H28N2O2. The number of fused-ring (bicyclic) bond motifs is 3. The molecular weight excluding hydrogens is 324 g/mol. The maximum absolute atomic E-state index is 11.6. The zero-order chi connectivity index (χ0) is 17.6. The van der Waals surface area contributed by atoms with Crippen molar-refractivity contribution in [1.82, 2.24) is 4.90 Å². The van der Waals surface area contributed by atoms with Crippen LogP contribution in [0.25, 0.3) is 0 Å². The molecule has 4 nitrogen and oxygen atoms in total. The van der Waals surface area contributed by atoms with Gasteiger partial charge in [-0.2, -0.15) is 0 Å². The maximum Gasteiger partial charge on any atom is 0.302 e. The molecule has 3 saturated carbocycles. The normalized spacial score (nSPS) is 44.8. The van der Waals surface area contributed by atoms with E-state index in [1.54, 1.807) is 12.5 Å². The molecule has 0 unspecified atom stereocenters. The van der Waals surface area contributed by atoms with Crippen LogP contribution in [0.3, 0.4) is 0 Å². The van der Waals surface area contributed by atoms with Crippen LogP contribution in [0.5, 0.6) is 0 Å². The number of carbonyl (C=O) groups is 1. The molecule has 0 aromatic heterocycles. The van der Waals surface area contributed by atoms with Crippen LogP contribution in [0.1, 0.15) is 51.0 Å². The molecule has 4 heteroatoms. The lowest BCUT2D eigenvalue weighted by Crippen LogP contribution is -2.76. The van der Waals surface area contributed by atoms with Gasteiger partial charge in [0.2, 0.25) is 0 Å². The van der Waals surface area contributed by atoms with Crippen LogP contribution in [0.4, 0.5) is 5.69 Å². The van der Waals surface area contributed by atoms with Crippen molar-refractivity contribution in [1.29, 1.82) is 0 Å². The van der Waals surface area contributed by atoms with Gasteiger partial charge in [-0.15, -0.1) is 0 Å². The van der Waals surface area contributed by atoms with Crippen LogP contribution < -0.4 is 5.32 Å². The van der Waals surface area contributed by atoms with E-state index in [9.17, 15) is 4.79 Å². The topological polar surface area (TPSA) is 41.6 Å². The Morgan fingerprint density at radius 3 is 3.00 bits per heavy atom. The van der Waals surface area contributed by atoms with Gasteiger partial charge >= 0.3 is 5.97 Å². The summed E-state index contributed by atoms with van der Waals surface area (Å²) in [4.78, 5) is 14.4. The molecule has 2 saturated heterocycles. The third-order valence-corrected chi connectivity index (χ3v) is 8.74. The zero-order valence-electron chi connectivity index (χ0n) is 15.6. The zero-order valence-corrected chi connectivity index (χ0v) is 15.6. The minimum Gasteiger partial charge on any atom is -0.465 e. The van der Waals surface area contributed by atoms with E-state index >= 15 is 0 Å². The predicted molar refractivity (Wildman–Crippen MR) is 100 cm³/mol. The smallest absolute Gasteiger partial charge is 0.302 e. The second-order valence-corrected chi connectivity index (χ2v) is 9.47. The van der Waals surface area contributed by atoms with Crippen LogP contribution in [0, 0.1) is 11.3 Å². The average molecular weight is 352 g/mol. The number of hydrogen-bond donors (Lipinski definition) is 1. The minimum atomic E-state index is -0.141. The molecule has 5 fully saturated rings. The van der Waals surface area contributed by atoms with Crippen molar-refractivity contribution in [3.63, 3.8) is 0 Å². The molecule has 1 N–H and O–H groups in total. The highest BCUT2D eigenvalue weighted by Crippen LogP contribution is 2.74. The van der Waals surface area contributed by atoms with E-state index in [0.29, 0.717) is 24.0 Å². The first kappa shape index (κ1) is 15.5. The Bertz CT molecular complexity index is 794. The molecule has 2 bridgehead atoms. The van der Waals surface area contributed by atoms with Gasteiger partial charge in [0.05, 0.1) is 12.1 Å². The van der Waals surface area contributed by atoms with E-state index in [2.05, 4.69) is 34.5 Å². The van der Waals surface area contributed by atoms with E-state index in [1.807, 2.05) is 0 Å². The number of rotatable bonds is 2. The van der Waals surface area contributed by atoms with Crippen molar-refractivity contribution in [2.24, 2.45) is 11.3 Å². The van der Waals surface area contributed by atoms with Gasteiger partial charge in [0.25, 0.3) is 0 Å². The predicted octanol–water partition coefficient (Wildman–Crippen LogP) is 3.32. The first-order valence-corrected chi connectivity index (χ1v) is 10.4. The Hall–Kier alpha value is -1.55. The molecule has 6 aliphatic rings. The number of carbonyl (C=O) groups excluding carboxylic acids is 1. The number of nitrogens with zero attached hydrogens (tertiary/aromatic N) is 1. The number of benzene rings is 1. The summed E-state index contributed by atoms with van der Waals surface area (Å²) in [7, 11) is 0. The second kappa shape index (κ2) is 4.83. The summed E-state index contributed by atoms with van der Waals surface area (Å²) < 4.78 is 5.62. The molecule has 138 valence electrons. The average Bonchev–Trinajstić information content (AvgIpc) is 3.19. The van der Waals surface area contributed by atoms with Gasteiger partial charge in [-0.25, -0.2) is 0 Å². The van der Waals surface area contributed by atoms with Crippen molar-refractivity contribution < 1.29 is 9.53 Å². The molecule has 1 aromatic rings. The fraction of sp³-hybridized carbons (Fsp3) is 0.682. The van der Waals surface area contributed by atoms with Crippen molar-refractivity contribution in [2.75, 3.05) is 25.0 Å². The van der Waals surface area contributed by atoms with Gasteiger partial charge in [0.1, 0.15) is 0 Å². The van der Waals surface area contributed by atoms with Crippen molar-refractivity contribution in [3.05, 3.63) is 29.8 Å². The molecule has 0 amide bonds. The summed E-state index contributed by atoms with van der Waals surface area (Å²) in [5, 5.41) is 4.04. The van der Waals surface area contributed by atoms with E-state index in [-0.39, 0.29) is 16.9 Å².